The third-order valence-corrected chi connectivity index (χ3v) is 5.12. The van der Waals surface area contributed by atoms with Gasteiger partial charge in [-0.25, -0.2) is 9.38 Å². The quantitative estimate of drug-likeness (QED) is 0.486. The summed E-state index contributed by atoms with van der Waals surface area (Å²) in [5.74, 6) is 1.17. The lowest BCUT2D eigenvalue weighted by atomic mass is 10.0. The van der Waals surface area contributed by atoms with E-state index in [0.29, 0.717) is 30.6 Å². The van der Waals surface area contributed by atoms with Gasteiger partial charge in [0.25, 0.3) is 0 Å². The maximum Gasteiger partial charge on any atom is 0.191 e. The Labute approximate surface area is 175 Å². The van der Waals surface area contributed by atoms with Crippen molar-refractivity contribution in [3.8, 4) is 0 Å². The molecule has 1 aliphatic rings. The lowest BCUT2D eigenvalue weighted by Gasteiger charge is -2.37. The lowest BCUT2D eigenvalue weighted by Crippen LogP contribution is -2.52. The summed E-state index contributed by atoms with van der Waals surface area (Å²) in [6, 6.07) is 5.69. The molecule has 1 atom stereocenters. The van der Waals surface area contributed by atoms with Gasteiger partial charge in [-0.05, 0) is 44.6 Å². The zero-order valence-corrected chi connectivity index (χ0v) is 18.7. The molecule has 1 aromatic rings. The predicted molar refractivity (Wildman–Crippen MR) is 118 cm³/mol. The van der Waals surface area contributed by atoms with Gasteiger partial charge in [-0.1, -0.05) is 19.9 Å². The molecule has 0 aromatic heterocycles. The minimum atomic E-state index is -0.165. The summed E-state index contributed by atoms with van der Waals surface area (Å²) >= 11 is 0. The zero-order valence-electron chi connectivity index (χ0n) is 18.7. The van der Waals surface area contributed by atoms with Gasteiger partial charge in [-0.3, -0.25) is 4.90 Å². The summed E-state index contributed by atoms with van der Waals surface area (Å²) in [5, 5.41) is 6.82. The fourth-order valence-electron chi connectivity index (χ4n) is 3.60. The van der Waals surface area contributed by atoms with E-state index in [0.717, 1.165) is 50.9 Å². The van der Waals surface area contributed by atoms with Crippen LogP contribution in [0.1, 0.15) is 31.9 Å². The molecule has 1 saturated heterocycles. The third kappa shape index (κ3) is 7.91. The van der Waals surface area contributed by atoms with E-state index in [1.807, 2.05) is 31.1 Å². The van der Waals surface area contributed by atoms with E-state index in [2.05, 4.69) is 36.3 Å². The van der Waals surface area contributed by atoms with E-state index in [9.17, 15) is 4.39 Å². The number of morpholine rings is 1. The molecule has 0 saturated carbocycles. The molecule has 164 valence electrons. The van der Waals surface area contributed by atoms with Crippen molar-refractivity contribution in [1.29, 1.82) is 0 Å². The van der Waals surface area contributed by atoms with Crippen LogP contribution in [0, 0.1) is 11.7 Å². The van der Waals surface area contributed by atoms with Crippen LogP contribution in [0.25, 0.3) is 0 Å². The van der Waals surface area contributed by atoms with Crippen molar-refractivity contribution in [2.24, 2.45) is 10.9 Å². The molecular formula is C22H38FN5O. The first kappa shape index (κ1) is 23.6. The Morgan fingerprint density at radius 3 is 2.59 bits per heavy atom. The second-order valence-corrected chi connectivity index (χ2v) is 8.20. The van der Waals surface area contributed by atoms with Crippen molar-refractivity contribution >= 4 is 5.96 Å². The summed E-state index contributed by atoms with van der Waals surface area (Å²) in [7, 11) is 3.88. The smallest absolute Gasteiger partial charge is 0.191 e. The van der Waals surface area contributed by atoms with Crippen molar-refractivity contribution in [3.05, 3.63) is 35.1 Å². The third-order valence-electron chi connectivity index (χ3n) is 5.12. The summed E-state index contributed by atoms with van der Waals surface area (Å²) < 4.78 is 19.5. The molecule has 0 amide bonds. The lowest BCUT2D eigenvalue weighted by molar-refractivity contribution is 0.00752. The second kappa shape index (κ2) is 12.1. The number of hydrogen-bond donors (Lipinski definition) is 2. The molecule has 2 N–H and O–H groups in total. The Bertz CT molecular complexity index is 644. The van der Waals surface area contributed by atoms with Crippen LogP contribution in [-0.2, 0) is 17.8 Å². The Morgan fingerprint density at radius 1 is 1.24 bits per heavy atom. The van der Waals surface area contributed by atoms with Gasteiger partial charge in [0.05, 0.1) is 19.8 Å². The van der Waals surface area contributed by atoms with Crippen LogP contribution < -0.4 is 10.6 Å². The minimum Gasteiger partial charge on any atom is -0.379 e. The Balaban J connectivity index is 2.01. The SMILES string of the molecule is CCNC(=NCc1ccc(F)c(CN(C)C)c1)NCC(C(C)C)N1CCOCC1. The largest absolute Gasteiger partial charge is 0.379 e. The Kier molecular flexibility index (Phi) is 9.84. The first-order chi connectivity index (χ1) is 13.9. The van der Waals surface area contributed by atoms with Crippen LogP contribution in [0.4, 0.5) is 4.39 Å². The molecule has 6 nitrogen and oxygen atoms in total. The van der Waals surface area contributed by atoms with Crippen LogP contribution in [0.5, 0.6) is 0 Å². The molecule has 0 radical (unpaired) electrons. The highest BCUT2D eigenvalue weighted by molar-refractivity contribution is 5.79. The molecule has 1 unspecified atom stereocenters. The zero-order chi connectivity index (χ0) is 21.2. The average molecular weight is 408 g/mol. The number of guanidine groups is 1. The van der Waals surface area contributed by atoms with Gasteiger partial charge >= 0.3 is 0 Å². The summed E-state index contributed by atoms with van der Waals surface area (Å²) in [4.78, 5) is 9.19. The van der Waals surface area contributed by atoms with Gasteiger partial charge in [0.1, 0.15) is 5.82 Å². The van der Waals surface area contributed by atoms with E-state index in [1.165, 1.54) is 6.07 Å². The molecule has 29 heavy (non-hydrogen) atoms. The topological polar surface area (TPSA) is 52.1 Å². The number of ether oxygens (including phenoxy) is 1. The number of rotatable bonds is 9. The van der Waals surface area contributed by atoms with Crippen LogP contribution in [0.2, 0.25) is 0 Å². The molecule has 1 fully saturated rings. The van der Waals surface area contributed by atoms with Gasteiger partial charge < -0.3 is 20.3 Å². The van der Waals surface area contributed by atoms with Gasteiger partial charge in [0.2, 0.25) is 0 Å². The molecule has 1 heterocycles. The van der Waals surface area contributed by atoms with Crippen LogP contribution in [0.15, 0.2) is 23.2 Å². The summed E-state index contributed by atoms with van der Waals surface area (Å²) in [5.41, 5.74) is 1.71. The van der Waals surface area contributed by atoms with Crippen LogP contribution in [-0.4, -0.2) is 75.3 Å². The number of nitrogens with one attached hydrogen (secondary N) is 2. The van der Waals surface area contributed by atoms with E-state index in [4.69, 9.17) is 9.73 Å². The van der Waals surface area contributed by atoms with Crippen LogP contribution in [0.3, 0.4) is 0 Å². The minimum absolute atomic E-state index is 0.165. The molecule has 0 spiro atoms. The highest BCUT2D eigenvalue weighted by Gasteiger charge is 2.23. The van der Waals surface area contributed by atoms with Gasteiger partial charge in [0, 0.05) is 44.3 Å². The van der Waals surface area contributed by atoms with Crippen molar-refractivity contribution in [3.63, 3.8) is 0 Å². The number of halogens is 1. The molecule has 0 bridgehead atoms. The normalized spacial score (nSPS) is 17.0. The molecule has 1 aliphatic heterocycles. The average Bonchev–Trinajstić information content (AvgIpc) is 2.68. The van der Waals surface area contributed by atoms with Crippen molar-refractivity contribution in [2.45, 2.75) is 39.9 Å². The first-order valence-electron chi connectivity index (χ1n) is 10.7. The van der Waals surface area contributed by atoms with E-state index in [1.54, 1.807) is 0 Å². The fourth-order valence-corrected chi connectivity index (χ4v) is 3.60. The van der Waals surface area contributed by atoms with Crippen molar-refractivity contribution in [1.82, 2.24) is 20.4 Å². The van der Waals surface area contributed by atoms with E-state index >= 15 is 0 Å². The Morgan fingerprint density at radius 2 is 1.97 bits per heavy atom. The molecule has 1 aromatic carbocycles. The fraction of sp³-hybridized carbons (Fsp3) is 0.682. The summed E-state index contributed by atoms with van der Waals surface area (Å²) in [6.07, 6.45) is 0. The maximum absolute atomic E-state index is 14.0. The summed E-state index contributed by atoms with van der Waals surface area (Å²) in [6.45, 7) is 12.9. The number of aliphatic imine (C=N–C) groups is 1. The maximum atomic E-state index is 14.0. The first-order valence-corrected chi connectivity index (χ1v) is 10.7. The predicted octanol–water partition coefficient (Wildman–Crippen LogP) is 2.30. The number of nitrogens with zero attached hydrogens (tertiary/aromatic N) is 3. The standard InChI is InChI=1S/C22H38FN5O/c1-6-24-22(26-15-21(17(2)3)28-9-11-29-12-10-28)25-14-18-7-8-20(23)19(13-18)16-27(4)5/h7-8,13,17,21H,6,9-12,14-16H2,1-5H3,(H2,24,25,26). The van der Waals surface area contributed by atoms with Crippen LogP contribution >= 0.6 is 0 Å². The Hall–Kier alpha value is -1.70. The highest BCUT2D eigenvalue weighted by atomic mass is 19.1. The van der Waals surface area contributed by atoms with Gasteiger partial charge in [0.15, 0.2) is 5.96 Å². The number of benzene rings is 1. The number of hydrogen-bond acceptors (Lipinski definition) is 4. The van der Waals surface area contributed by atoms with E-state index in [-0.39, 0.29) is 5.82 Å². The molecular weight excluding hydrogens is 369 g/mol. The molecule has 2 rings (SSSR count). The molecule has 7 heteroatoms. The van der Waals surface area contributed by atoms with Gasteiger partial charge in [-0.15, -0.1) is 0 Å². The highest BCUT2D eigenvalue weighted by Crippen LogP contribution is 2.14. The van der Waals surface area contributed by atoms with E-state index < -0.39 is 0 Å². The molecule has 0 aliphatic carbocycles. The van der Waals surface area contributed by atoms with Gasteiger partial charge in [-0.2, -0.15) is 0 Å². The second-order valence-electron chi connectivity index (χ2n) is 8.20. The van der Waals surface area contributed by atoms with Crippen molar-refractivity contribution in [2.75, 3.05) is 53.5 Å². The monoisotopic (exact) mass is 407 g/mol. The van der Waals surface area contributed by atoms with Crippen molar-refractivity contribution < 1.29 is 9.13 Å².